The Morgan fingerprint density at radius 3 is 2.50 bits per heavy atom. The van der Waals surface area contributed by atoms with E-state index < -0.39 is 0 Å². The molecule has 0 aliphatic rings. The van der Waals surface area contributed by atoms with Gasteiger partial charge in [0.25, 0.3) is 0 Å². The molecule has 1 heterocycles. The van der Waals surface area contributed by atoms with Crippen molar-refractivity contribution in [1.29, 1.82) is 0 Å². The highest BCUT2D eigenvalue weighted by molar-refractivity contribution is 6.35. The van der Waals surface area contributed by atoms with Crippen molar-refractivity contribution in [3.8, 4) is 11.4 Å². The monoisotopic (exact) mass is 276 g/mol. The molecule has 0 atom stereocenters. The van der Waals surface area contributed by atoms with Crippen LogP contribution in [0.15, 0.2) is 36.4 Å². The van der Waals surface area contributed by atoms with Crippen LogP contribution in [0.4, 0.5) is 0 Å². The van der Waals surface area contributed by atoms with E-state index in [2.05, 4.69) is 9.97 Å². The number of nitrogens with one attached hydrogen (secondary N) is 1. The summed E-state index contributed by atoms with van der Waals surface area (Å²) in [6.45, 7) is 1.98. The summed E-state index contributed by atoms with van der Waals surface area (Å²) < 4.78 is 0. The fraction of sp³-hybridized carbons (Fsp3) is 0.0714. The third kappa shape index (κ3) is 1.78. The first-order valence-electron chi connectivity index (χ1n) is 5.56. The second-order valence-corrected chi connectivity index (χ2v) is 4.95. The van der Waals surface area contributed by atoms with Crippen LogP contribution >= 0.6 is 23.2 Å². The van der Waals surface area contributed by atoms with Crippen LogP contribution < -0.4 is 0 Å². The minimum atomic E-state index is 0.648. The van der Waals surface area contributed by atoms with Gasteiger partial charge >= 0.3 is 0 Å². The minimum Gasteiger partial charge on any atom is -0.338 e. The highest BCUT2D eigenvalue weighted by Crippen LogP contribution is 2.29. The lowest BCUT2D eigenvalue weighted by molar-refractivity contribution is 1.31. The Hall–Kier alpha value is -1.51. The fourth-order valence-corrected chi connectivity index (χ4v) is 2.38. The number of imidazole rings is 1. The summed E-state index contributed by atoms with van der Waals surface area (Å²) in [5.41, 5.74) is 3.72. The molecule has 0 bridgehead atoms. The van der Waals surface area contributed by atoms with E-state index in [1.807, 2.05) is 43.3 Å². The summed E-state index contributed by atoms with van der Waals surface area (Å²) in [7, 11) is 0. The van der Waals surface area contributed by atoms with Crippen molar-refractivity contribution in [1.82, 2.24) is 9.97 Å². The van der Waals surface area contributed by atoms with Gasteiger partial charge in [0.1, 0.15) is 11.3 Å². The molecule has 0 saturated heterocycles. The van der Waals surface area contributed by atoms with Crippen LogP contribution in [0.5, 0.6) is 0 Å². The molecular formula is C14H10Cl2N2. The van der Waals surface area contributed by atoms with Crippen molar-refractivity contribution in [2.45, 2.75) is 6.92 Å². The molecule has 0 aliphatic heterocycles. The third-order valence-electron chi connectivity index (χ3n) is 2.99. The van der Waals surface area contributed by atoms with E-state index in [4.69, 9.17) is 23.2 Å². The minimum absolute atomic E-state index is 0.648. The second kappa shape index (κ2) is 4.30. The van der Waals surface area contributed by atoms with E-state index in [9.17, 15) is 0 Å². The lowest BCUT2D eigenvalue weighted by Crippen LogP contribution is -1.85. The number of fused-ring (bicyclic) bond motifs is 1. The predicted molar refractivity (Wildman–Crippen MR) is 76.3 cm³/mol. The molecule has 1 N–H and O–H groups in total. The topological polar surface area (TPSA) is 28.7 Å². The highest BCUT2D eigenvalue weighted by Gasteiger charge is 2.10. The average molecular weight is 277 g/mol. The van der Waals surface area contributed by atoms with Gasteiger partial charge in [-0.05, 0) is 30.7 Å². The Morgan fingerprint density at radius 1 is 1.00 bits per heavy atom. The van der Waals surface area contributed by atoms with Crippen molar-refractivity contribution in [3.05, 3.63) is 52.0 Å². The number of H-pyrrole nitrogens is 1. The van der Waals surface area contributed by atoms with E-state index in [1.165, 1.54) is 0 Å². The maximum Gasteiger partial charge on any atom is 0.138 e. The molecule has 2 nitrogen and oxygen atoms in total. The van der Waals surface area contributed by atoms with Crippen LogP contribution in [-0.4, -0.2) is 9.97 Å². The Morgan fingerprint density at radius 2 is 1.72 bits per heavy atom. The number of aromatic nitrogens is 2. The predicted octanol–water partition coefficient (Wildman–Crippen LogP) is 4.85. The largest absolute Gasteiger partial charge is 0.338 e. The van der Waals surface area contributed by atoms with Gasteiger partial charge < -0.3 is 4.98 Å². The molecule has 4 heteroatoms. The van der Waals surface area contributed by atoms with Gasteiger partial charge in [0.2, 0.25) is 0 Å². The molecule has 0 aliphatic carbocycles. The van der Waals surface area contributed by atoms with Gasteiger partial charge in [0, 0.05) is 10.6 Å². The molecular weight excluding hydrogens is 267 g/mol. The number of aromatic amines is 1. The Bertz CT molecular complexity index is 732. The third-order valence-corrected chi connectivity index (χ3v) is 3.70. The molecule has 0 radical (unpaired) electrons. The summed E-state index contributed by atoms with van der Waals surface area (Å²) in [4.78, 5) is 7.80. The van der Waals surface area contributed by atoms with Gasteiger partial charge in [-0.3, -0.25) is 0 Å². The summed E-state index contributed by atoms with van der Waals surface area (Å²) in [5, 5.41) is 1.38. The van der Waals surface area contributed by atoms with Crippen LogP contribution in [0, 0.1) is 6.92 Å². The smallest absolute Gasteiger partial charge is 0.138 e. The van der Waals surface area contributed by atoms with Crippen molar-refractivity contribution in [2.24, 2.45) is 0 Å². The molecule has 0 unspecified atom stereocenters. The van der Waals surface area contributed by atoms with Crippen molar-refractivity contribution in [2.75, 3.05) is 0 Å². The molecule has 1 aromatic heterocycles. The first-order chi connectivity index (χ1) is 8.66. The Balaban J connectivity index is 2.26. The summed E-state index contributed by atoms with van der Waals surface area (Å²) in [5.74, 6) is 0.790. The van der Waals surface area contributed by atoms with Crippen LogP contribution in [0.1, 0.15) is 5.56 Å². The lowest BCUT2D eigenvalue weighted by Gasteiger charge is -2.03. The van der Waals surface area contributed by atoms with Crippen LogP contribution in [0.2, 0.25) is 10.0 Å². The molecule has 90 valence electrons. The molecule has 2 aromatic carbocycles. The van der Waals surface area contributed by atoms with E-state index in [-0.39, 0.29) is 0 Å². The second-order valence-electron chi connectivity index (χ2n) is 4.13. The summed E-state index contributed by atoms with van der Waals surface area (Å²) in [6, 6.07) is 11.5. The quantitative estimate of drug-likeness (QED) is 0.677. The first kappa shape index (κ1) is 11.6. The van der Waals surface area contributed by atoms with Crippen LogP contribution in [-0.2, 0) is 0 Å². The Labute approximate surface area is 115 Å². The number of hydrogen-bond acceptors (Lipinski definition) is 1. The average Bonchev–Trinajstić information content (AvgIpc) is 2.78. The first-order valence-corrected chi connectivity index (χ1v) is 6.32. The van der Waals surface area contributed by atoms with Gasteiger partial charge in [0.05, 0.1) is 10.5 Å². The number of rotatable bonds is 1. The molecule has 0 saturated carbocycles. The Kier molecular flexibility index (Phi) is 2.77. The van der Waals surface area contributed by atoms with Crippen molar-refractivity contribution < 1.29 is 0 Å². The van der Waals surface area contributed by atoms with E-state index in [1.54, 1.807) is 0 Å². The number of halogens is 2. The van der Waals surface area contributed by atoms with Gasteiger partial charge in [-0.25, -0.2) is 4.98 Å². The van der Waals surface area contributed by atoms with Crippen molar-refractivity contribution >= 4 is 34.2 Å². The molecule has 18 heavy (non-hydrogen) atoms. The normalized spacial score (nSPS) is 11.1. The molecule has 3 rings (SSSR count). The number of nitrogens with zero attached hydrogens (tertiary/aromatic N) is 1. The van der Waals surface area contributed by atoms with Gasteiger partial charge in [-0.1, -0.05) is 41.4 Å². The van der Waals surface area contributed by atoms with E-state index in [0.717, 1.165) is 33.0 Å². The lowest BCUT2D eigenvalue weighted by atomic mass is 10.1. The molecule has 0 fully saturated rings. The molecule has 3 aromatic rings. The standard InChI is InChI=1S/C14H10Cl2N2/c1-8-9(4-2-5-10(8)15)14-17-12-7-3-6-11(16)13(12)18-14/h2-7H,1H3,(H,17,18). The van der Waals surface area contributed by atoms with Crippen LogP contribution in [0.25, 0.3) is 22.4 Å². The summed E-state index contributed by atoms with van der Waals surface area (Å²) in [6.07, 6.45) is 0. The fourth-order valence-electron chi connectivity index (χ4n) is 1.99. The van der Waals surface area contributed by atoms with E-state index in [0.29, 0.717) is 5.02 Å². The SMILES string of the molecule is Cc1c(Cl)cccc1-c1nc2c(Cl)cccc2[nH]1. The number of para-hydroxylation sites is 1. The van der Waals surface area contributed by atoms with Gasteiger partial charge in [-0.2, -0.15) is 0 Å². The number of hydrogen-bond donors (Lipinski definition) is 1. The van der Waals surface area contributed by atoms with Gasteiger partial charge in [-0.15, -0.1) is 0 Å². The zero-order chi connectivity index (χ0) is 12.7. The zero-order valence-electron chi connectivity index (χ0n) is 9.67. The van der Waals surface area contributed by atoms with E-state index >= 15 is 0 Å². The van der Waals surface area contributed by atoms with Gasteiger partial charge in [0.15, 0.2) is 0 Å². The van der Waals surface area contributed by atoms with Crippen molar-refractivity contribution in [3.63, 3.8) is 0 Å². The zero-order valence-corrected chi connectivity index (χ0v) is 11.2. The van der Waals surface area contributed by atoms with Crippen LogP contribution in [0.3, 0.4) is 0 Å². The highest BCUT2D eigenvalue weighted by atomic mass is 35.5. The maximum atomic E-state index is 6.13. The maximum absolute atomic E-state index is 6.13. The molecule has 0 amide bonds. The molecule has 0 spiro atoms. The summed E-state index contributed by atoms with van der Waals surface area (Å²) >= 11 is 12.2. The number of benzene rings is 2.